The van der Waals surface area contributed by atoms with Gasteiger partial charge in [-0.05, 0) is 45.4 Å². The first kappa shape index (κ1) is 19.5. The largest absolute Gasteiger partial charge is 0.357 e. The average Bonchev–Trinajstić information content (AvgIpc) is 2.53. The van der Waals surface area contributed by atoms with Crippen molar-refractivity contribution in [2.24, 2.45) is 4.99 Å². The maximum Gasteiger partial charge on any atom is 0.191 e. The van der Waals surface area contributed by atoms with Crippen LogP contribution in [0.25, 0.3) is 0 Å². The standard InChI is InChI=1S/C19H34N4/c1-6-8-13-21-19(20-7-2)22-14-17-11-9-10-12-18(17)15-23(5)16(3)4/h9-12,16H,6-8,13-15H2,1-5H3,(H2,20,21,22). The van der Waals surface area contributed by atoms with Crippen LogP contribution in [0.2, 0.25) is 0 Å². The molecule has 4 nitrogen and oxygen atoms in total. The summed E-state index contributed by atoms with van der Waals surface area (Å²) in [5.74, 6) is 0.910. The van der Waals surface area contributed by atoms with Crippen molar-refractivity contribution >= 4 is 5.96 Å². The molecule has 0 radical (unpaired) electrons. The maximum atomic E-state index is 4.74. The Hall–Kier alpha value is -1.55. The lowest BCUT2D eigenvalue weighted by Crippen LogP contribution is -2.37. The van der Waals surface area contributed by atoms with Crippen molar-refractivity contribution in [1.82, 2.24) is 15.5 Å². The van der Waals surface area contributed by atoms with Gasteiger partial charge >= 0.3 is 0 Å². The molecular weight excluding hydrogens is 284 g/mol. The maximum absolute atomic E-state index is 4.74. The van der Waals surface area contributed by atoms with Crippen LogP contribution in [-0.2, 0) is 13.1 Å². The molecule has 0 aliphatic carbocycles. The van der Waals surface area contributed by atoms with Crippen LogP contribution in [0.15, 0.2) is 29.3 Å². The number of aliphatic imine (C=N–C) groups is 1. The third-order valence-electron chi connectivity index (χ3n) is 3.99. The van der Waals surface area contributed by atoms with Gasteiger partial charge in [0.1, 0.15) is 0 Å². The topological polar surface area (TPSA) is 39.7 Å². The number of hydrogen-bond acceptors (Lipinski definition) is 2. The van der Waals surface area contributed by atoms with Gasteiger partial charge in [0, 0.05) is 25.7 Å². The molecule has 0 bridgehead atoms. The normalized spacial score (nSPS) is 12.0. The van der Waals surface area contributed by atoms with Crippen LogP contribution in [0.3, 0.4) is 0 Å². The van der Waals surface area contributed by atoms with E-state index < -0.39 is 0 Å². The molecular formula is C19H34N4. The number of unbranched alkanes of at least 4 members (excludes halogenated alkanes) is 1. The van der Waals surface area contributed by atoms with E-state index in [1.54, 1.807) is 0 Å². The number of guanidine groups is 1. The van der Waals surface area contributed by atoms with Gasteiger partial charge in [-0.1, -0.05) is 37.6 Å². The lowest BCUT2D eigenvalue weighted by molar-refractivity contribution is 0.265. The van der Waals surface area contributed by atoms with Crippen molar-refractivity contribution in [1.29, 1.82) is 0 Å². The SMILES string of the molecule is CCCCNC(=NCc1ccccc1CN(C)C(C)C)NCC. The third-order valence-corrected chi connectivity index (χ3v) is 3.99. The molecule has 0 saturated carbocycles. The Morgan fingerprint density at radius 2 is 1.83 bits per heavy atom. The molecule has 2 N–H and O–H groups in total. The van der Waals surface area contributed by atoms with Gasteiger partial charge in [-0.3, -0.25) is 4.90 Å². The molecule has 130 valence electrons. The highest BCUT2D eigenvalue weighted by Gasteiger charge is 2.08. The number of nitrogens with zero attached hydrogens (tertiary/aromatic N) is 2. The average molecular weight is 319 g/mol. The Morgan fingerprint density at radius 3 is 2.43 bits per heavy atom. The molecule has 0 fully saturated rings. The van der Waals surface area contributed by atoms with Gasteiger partial charge in [0.2, 0.25) is 0 Å². The molecule has 1 aromatic rings. The Balaban J connectivity index is 2.75. The summed E-state index contributed by atoms with van der Waals surface area (Å²) in [4.78, 5) is 7.10. The zero-order valence-electron chi connectivity index (χ0n) is 15.5. The molecule has 0 unspecified atom stereocenters. The summed E-state index contributed by atoms with van der Waals surface area (Å²) in [6.07, 6.45) is 2.36. The summed E-state index contributed by atoms with van der Waals surface area (Å²) >= 11 is 0. The van der Waals surface area contributed by atoms with E-state index in [0.717, 1.165) is 25.6 Å². The van der Waals surface area contributed by atoms with Crippen LogP contribution in [0, 0.1) is 0 Å². The second-order valence-corrected chi connectivity index (χ2v) is 6.25. The Kier molecular flexibility index (Phi) is 9.37. The van der Waals surface area contributed by atoms with Gasteiger partial charge < -0.3 is 10.6 Å². The minimum atomic E-state index is 0.541. The van der Waals surface area contributed by atoms with Gasteiger partial charge in [-0.15, -0.1) is 0 Å². The van der Waals surface area contributed by atoms with Crippen LogP contribution in [0.4, 0.5) is 0 Å². The Morgan fingerprint density at radius 1 is 1.13 bits per heavy atom. The number of hydrogen-bond donors (Lipinski definition) is 2. The van der Waals surface area contributed by atoms with E-state index in [2.05, 4.69) is 74.5 Å². The fourth-order valence-corrected chi connectivity index (χ4v) is 2.21. The number of benzene rings is 1. The lowest BCUT2D eigenvalue weighted by Gasteiger charge is -2.22. The minimum Gasteiger partial charge on any atom is -0.357 e. The van der Waals surface area contributed by atoms with E-state index >= 15 is 0 Å². The number of nitrogens with one attached hydrogen (secondary N) is 2. The Bertz CT molecular complexity index is 468. The molecule has 0 aliphatic rings. The van der Waals surface area contributed by atoms with Crippen molar-refractivity contribution < 1.29 is 0 Å². The van der Waals surface area contributed by atoms with Crippen molar-refractivity contribution in [3.63, 3.8) is 0 Å². The van der Waals surface area contributed by atoms with Crippen LogP contribution in [0.1, 0.15) is 51.7 Å². The van der Waals surface area contributed by atoms with Gasteiger partial charge in [0.05, 0.1) is 6.54 Å². The first-order chi connectivity index (χ1) is 11.1. The molecule has 0 heterocycles. The molecule has 0 atom stereocenters. The minimum absolute atomic E-state index is 0.541. The molecule has 0 aliphatic heterocycles. The van der Waals surface area contributed by atoms with Gasteiger partial charge in [-0.25, -0.2) is 4.99 Å². The fourth-order valence-electron chi connectivity index (χ4n) is 2.21. The third kappa shape index (κ3) is 7.51. The predicted molar refractivity (Wildman–Crippen MR) is 101 cm³/mol. The van der Waals surface area contributed by atoms with Crippen molar-refractivity contribution in [2.75, 3.05) is 20.1 Å². The molecule has 0 saturated heterocycles. The molecule has 23 heavy (non-hydrogen) atoms. The zero-order valence-corrected chi connectivity index (χ0v) is 15.5. The first-order valence-corrected chi connectivity index (χ1v) is 8.87. The van der Waals surface area contributed by atoms with Crippen LogP contribution in [0.5, 0.6) is 0 Å². The first-order valence-electron chi connectivity index (χ1n) is 8.87. The fraction of sp³-hybridized carbons (Fsp3) is 0.632. The zero-order chi connectivity index (χ0) is 17.1. The van der Waals surface area contributed by atoms with Crippen molar-refractivity contribution in [3.8, 4) is 0 Å². The van der Waals surface area contributed by atoms with E-state index in [4.69, 9.17) is 4.99 Å². The second-order valence-electron chi connectivity index (χ2n) is 6.25. The van der Waals surface area contributed by atoms with E-state index in [1.165, 1.54) is 24.0 Å². The van der Waals surface area contributed by atoms with Crippen LogP contribution < -0.4 is 10.6 Å². The highest BCUT2D eigenvalue weighted by molar-refractivity contribution is 5.79. The van der Waals surface area contributed by atoms with Crippen molar-refractivity contribution in [3.05, 3.63) is 35.4 Å². The van der Waals surface area contributed by atoms with Gasteiger partial charge in [0.25, 0.3) is 0 Å². The monoisotopic (exact) mass is 318 g/mol. The summed E-state index contributed by atoms with van der Waals surface area (Å²) in [6.45, 7) is 12.3. The van der Waals surface area contributed by atoms with Crippen molar-refractivity contribution in [2.45, 2.75) is 59.7 Å². The lowest BCUT2D eigenvalue weighted by atomic mass is 10.1. The highest BCUT2D eigenvalue weighted by atomic mass is 15.2. The molecule has 1 aromatic carbocycles. The van der Waals surface area contributed by atoms with E-state index in [9.17, 15) is 0 Å². The molecule has 1 rings (SSSR count). The summed E-state index contributed by atoms with van der Waals surface area (Å²) in [6, 6.07) is 9.14. The molecule has 0 aromatic heterocycles. The van der Waals surface area contributed by atoms with E-state index in [0.29, 0.717) is 12.6 Å². The number of rotatable bonds is 9. The summed E-state index contributed by atoms with van der Waals surface area (Å²) in [7, 11) is 2.17. The summed E-state index contributed by atoms with van der Waals surface area (Å²) < 4.78 is 0. The van der Waals surface area contributed by atoms with E-state index in [1.807, 2.05) is 0 Å². The summed E-state index contributed by atoms with van der Waals surface area (Å²) in [5, 5.41) is 6.72. The van der Waals surface area contributed by atoms with Crippen LogP contribution in [-0.4, -0.2) is 37.0 Å². The molecule has 0 amide bonds. The van der Waals surface area contributed by atoms with E-state index in [-0.39, 0.29) is 0 Å². The quantitative estimate of drug-likeness (QED) is 0.416. The Labute approximate surface area is 142 Å². The molecule has 0 spiro atoms. The van der Waals surface area contributed by atoms with Crippen LogP contribution >= 0.6 is 0 Å². The highest BCUT2D eigenvalue weighted by Crippen LogP contribution is 2.13. The van der Waals surface area contributed by atoms with Gasteiger partial charge in [0.15, 0.2) is 5.96 Å². The van der Waals surface area contributed by atoms with Gasteiger partial charge in [-0.2, -0.15) is 0 Å². The smallest absolute Gasteiger partial charge is 0.191 e. The molecule has 4 heteroatoms. The summed E-state index contributed by atoms with van der Waals surface area (Å²) in [5.41, 5.74) is 2.66. The second kappa shape index (κ2) is 11.1. The predicted octanol–water partition coefficient (Wildman–Crippen LogP) is 3.38.